The summed E-state index contributed by atoms with van der Waals surface area (Å²) in [7, 11) is 0. The highest BCUT2D eigenvalue weighted by molar-refractivity contribution is 5.29. The average Bonchev–Trinajstić information content (AvgIpc) is 2.55. The summed E-state index contributed by atoms with van der Waals surface area (Å²) in [5.41, 5.74) is 4.69. The van der Waals surface area contributed by atoms with Gasteiger partial charge in [-0.05, 0) is 52.4 Å². The molecule has 0 aliphatic heterocycles. The van der Waals surface area contributed by atoms with Gasteiger partial charge in [-0.1, -0.05) is 36.6 Å². The van der Waals surface area contributed by atoms with Gasteiger partial charge in [0.05, 0.1) is 6.10 Å². The van der Waals surface area contributed by atoms with Crippen molar-refractivity contribution in [2.45, 2.75) is 66.4 Å². The van der Waals surface area contributed by atoms with Crippen molar-refractivity contribution in [3.05, 3.63) is 22.8 Å². The van der Waals surface area contributed by atoms with Crippen molar-refractivity contribution in [1.29, 1.82) is 0 Å². The van der Waals surface area contributed by atoms with E-state index in [9.17, 15) is 5.11 Å². The van der Waals surface area contributed by atoms with Crippen LogP contribution in [0.2, 0.25) is 0 Å². The van der Waals surface area contributed by atoms with E-state index in [1.54, 1.807) is 11.1 Å². The van der Waals surface area contributed by atoms with Crippen LogP contribution in [0.25, 0.3) is 0 Å². The van der Waals surface area contributed by atoms with E-state index in [-0.39, 0.29) is 6.10 Å². The van der Waals surface area contributed by atoms with E-state index in [0.717, 1.165) is 12.8 Å². The molecule has 1 nitrogen and oxygen atoms in total. The second-order valence-electron chi connectivity index (χ2n) is 5.94. The lowest BCUT2D eigenvalue weighted by molar-refractivity contribution is 0.184. The summed E-state index contributed by atoms with van der Waals surface area (Å²) in [6.07, 6.45) is 6.70. The highest BCUT2D eigenvalue weighted by atomic mass is 16.3. The summed E-state index contributed by atoms with van der Waals surface area (Å²) in [6, 6.07) is 0. The number of hydrogen-bond donors (Lipinski definition) is 1. The van der Waals surface area contributed by atoms with Gasteiger partial charge in [-0.2, -0.15) is 0 Å². The van der Waals surface area contributed by atoms with E-state index in [0.29, 0.717) is 11.8 Å². The van der Waals surface area contributed by atoms with Gasteiger partial charge in [0, 0.05) is 5.92 Å². The lowest BCUT2D eigenvalue weighted by atomic mass is 9.88. The summed E-state index contributed by atoms with van der Waals surface area (Å²) >= 11 is 0. The lowest BCUT2D eigenvalue weighted by Gasteiger charge is -2.18. The molecular formula is C16H28O. The van der Waals surface area contributed by atoms with Gasteiger partial charge in [0.1, 0.15) is 0 Å². The van der Waals surface area contributed by atoms with Gasteiger partial charge >= 0.3 is 0 Å². The van der Waals surface area contributed by atoms with E-state index in [4.69, 9.17) is 0 Å². The highest BCUT2D eigenvalue weighted by Gasteiger charge is 2.24. The zero-order chi connectivity index (χ0) is 13.0. The Labute approximate surface area is 107 Å². The Balaban J connectivity index is 2.73. The first-order chi connectivity index (χ1) is 7.91. The predicted octanol–water partition coefficient (Wildman–Crippen LogP) is 4.48. The molecule has 0 saturated carbocycles. The largest absolute Gasteiger partial charge is 0.393 e. The third kappa shape index (κ3) is 4.31. The van der Waals surface area contributed by atoms with Crippen LogP contribution in [0, 0.1) is 11.8 Å². The number of aliphatic hydroxyl groups is 1. The van der Waals surface area contributed by atoms with Gasteiger partial charge in [-0.25, -0.2) is 0 Å². The molecule has 2 atom stereocenters. The normalized spacial score (nSPS) is 23.7. The van der Waals surface area contributed by atoms with Gasteiger partial charge in [0.25, 0.3) is 0 Å². The monoisotopic (exact) mass is 236 g/mol. The summed E-state index contributed by atoms with van der Waals surface area (Å²) in [6.45, 7) is 10.9. The number of allylic oxidation sites excluding steroid dienone is 4. The van der Waals surface area contributed by atoms with E-state index < -0.39 is 0 Å². The van der Waals surface area contributed by atoms with Gasteiger partial charge in [-0.15, -0.1) is 0 Å². The van der Waals surface area contributed by atoms with Gasteiger partial charge in [0.15, 0.2) is 0 Å². The van der Waals surface area contributed by atoms with Crippen molar-refractivity contribution >= 4 is 0 Å². The number of hydrogen-bond acceptors (Lipinski definition) is 1. The number of rotatable bonds is 5. The van der Waals surface area contributed by atoms with Crippen LogP contribution in [-0.4, -0.2) is 11.2 Å². The summed E-state index contributed by atoms with van der Waals surface area (Å²) in [5.74, 6) is 1.28. The molecule has 0 aromatic rings. The van der Waals surface area contributed by atoms with E-state index in [1.165, 1.54) is 18.4 Å². The van der Waals surface area contributed by atoms with Crippen LogP contribution in [0.1, 0.15) is 60.3 Å². The van der Waals surface area contributed by atoms with Crippen molar-refractivity contribution in [2.75, 3.05) is 0 Å². The molecule has 1 rings (SSSR count). The molecule has 0 bridgehead atoms. The molecule has 1 heteroatoms. The molecule has 0 fully saturated rings. The molecule has 0 unspecified atom stereocenters. The maximum atomic E-state index is 9.43. The molecule has 1 N–H and O–H groups in total. The van der Waals surface area contributed by atoms with Crippen LogP contribution in [0.5, 0.6) is 0 Å². The molecule has 17 heavy (non-hydrogen) atoms. The molecule has 1 aliphatic rings. The third-order valence-corrected chi connectivity index (χ3v) is 3.75. The summed E-state index contributed by atoms with van der Waals surface area (Å²) in [5, 5.41) is 9.43. The van der Waals surface area contributed by atoms with Gasteiger partial charge < -0.3 is 5.11 Å². The van der Waals surface area contributed by atoms with Crippen molar-refractivity contribution in [3.8, 4) is 0 Å². The fourth-order valence-corrected chi connectivity index (χ4v) is 2.89. The first-order valence-electron chi connectivity index (χ1n) is 6.96. The second kappa shape index (κ2) is 6.39. The molecule has 0 amide bonds. The zero-order valence-electron chi connectivity index (χ0n) is 12.1. The van der Waals surface area contributed by atoms with E-state index in [1.807, 2.05) is 6.92 Å². The third-order valence-electron chi connectivity index (χ3n) is 3.75. The summed E-state index contributed by atoms with van der Waals surface area (Å²) < 4.78 is 0. The maximum Gasteiger partial charge on any atom is 0.0515 e. The minimum absolute atomic E-state index is 0.175. The Bertz CT molecular complexity index is 307. The van der Waals surface area contributed by atoms with Crippen LogP contribution < -0.4 is 0 Å². The molecule has 0 aromatic carbocycles. The zero-order valence-corrected chi connectivity index (χ0v) is 12.1. The van der Waals surface area contributed by atoms with Crippen molar-refractivity contribution < 1.29 is 5.11 Å². The molecule has 0 radical (unpaired) electrons. The van der Waals surface area contributed by atoms with E-state index in [2.05, 4.69) is 33.8 Å². The van der Waals surface area contributed by atoms with E-state index >= 15 is 0 Å². The molecule has 0 saturated heterocycles. The molecule has 0 aromatic heterocycles. The first-order valence-corrected chi connectivity index (χ1v) is 6.96. The van der Waals surface area contributed by atoms with Crippen molar-refractivity contribution in [1.82, 2.24) is 0 Å². The van der Waals surface area contributed by atoms with Crippen LogP contribution in [0.4, 0.5) is 0 Å². The Morgan fingerprint density at radius 2 is 2.06 bits per heavy atom. The van der Waals surface area contributed by atoms with Crippen LogP contribution in [-0.2, 0) is 0 Å². The minimum atomic E-state index is -0.175. The van der Waals surface area contributed by atoms with Crippen molar-refractivity contribution in [3.63, 3.8) is 0 Å². The topological polar surface area (TPSA) is 20.2 Å². The SMILES string of the molecule is CC1=C(CC[C@@H](C)O)[C@H](/C(C)=C\C(C)C)CC1. The van der Waals surface area contributed by atoms with Crippen LogP contribution in [0.15, 0.2) is 22.8 Å². The lowest BCUT2D eigenvalue weighted by Crippen LogP contribution is -2.06. The molecular weight excluding hydrogens is 208 g/mol. The Morgan fingerprint density at radius 1 is 1.41 bits per heavy atom. The Morgan fingerprint density at radius 3 is 2.59 bits per heavy atom. The fraction of sp³-hybridized carbons (Fsp3) is 0.750. The predicted molar refractivity (Wildman–Crippen MR) is 74.9 cm³/mol. The fourth-order valence-electron chi connectivity index (χ4n) is 2.89. The summed E-state index contributed by atoms with van der Waals surface area (Å²) in [4.78, 5) is 0. The Kier molecular flexibility index (Phi) is 5.45. The standard InChI is InChI=1S/C16H28O/c1-11(2)10-13(4)16-8-6-12(3)15(16)9-7-14(5)17/h10-11,14,16-17H,6-9H2,1-5H3/b13-10-/t14-,16+/m1/s1. The Hall–Kier alpha value is -0.560. The second-order valence-corrected chi connectivity index (χ2v) is 5.94. The quantitative estimate of drug-likeness (QED) is 0.698. The molecule has 1 aliphatic carbocycles. The number of aliphatic hydroxyl groups excluding tert-OH is 1. The minimum Gasteiger partial charge on any atom is -0.393 e. The van der Waals surface area contributed by atoms with Crippen LogP contribution >= 0.6 is 0 Å². The van der Waals surface area contributed by atoms with Gasteiger partial charge in [0.2, 0.25) is 0 Å². The maximum absolute atomic E-state index is 9.43. The van der Waals surface area contributed by atoms with Crippen LogP contribution in [0.3, 0.4) is 0 Å². The van der Waals surface area contributed by atoms with Crippen molar-refractivity contribution in [2.24, 2.45) is 11.8 Å². The smallest absolute Gasteiger partial charge is 0.0515 e. The molecule has 0 heterocycles. The highest BCUT2D eigenvalue weighted by Crippen LogP contribution is 2.39. The molecule has 98 valence electrons. The average molecular weight is 236 g/mol. The van der Waals surface area contributed by atoms with Gasteiger partial charge in [-0.3, -0.25) is 0 Å². The first kappa shape index (κ1) is 14.5. The molecule has 0 spiro atoms.